The number of rotatable bonds is 7. The lowest BCUT2D eigenvalue weighted by molar-refractivity contribution is 0.0372. The largest absolute Gasteiger partial charge is 0.497 e. The van der Waals surface area contributed by atoms with Gasteiger partial charge in [0, 0.05) is 39.3 Å². The number of likely N-dealkylation sites (N-methyl/N-ethyl adjacent to an activating group) is 1. The van der Waals surface area contributed by atoms with Gasteiger partial charge in [0.25, 0.3) is 5.91 Å². The Bertz CT molecular complexity index is 1030. The number of benzene rings is 2. The molecule has 2 N–H and O–H groups in total. The van der Waals surface area contributed by atoms with Crippen LogP contribution in [0, 0.1) is 5.92 Å². The molecule has 3 amide bonds. The molecule has 0 aromatic heterocycles. The van der Waals surface area contributed by atoms with Gasteiger partial charge < -0.3 is 34.6 Å². The van der Waals surface area contributed by atoms with E-state index in [-0.39, 0.29) is 36.6 Å². The van der Waals surface area contributed by atoms with Gasteiger partial charge in [-0.1, -0.05) is 13.0 Å². The maximum atomic E-state index is 13.4. The number of hydrogen-bond donors (Lipinski definition) is 2. The summed E-state index contributed by atoms with van der Waals surface area (Å²) >= 11 is 0. The van der Waals surface area contributed by atoms with Crippen LogP contribution in [0.1, 0.15) is 24.2 Å². The van der Waals surface area contributed by atoms with Crippen LogP contribution in [0.4, 0.5) is 16.2 Å². The van der Waals surface area contributed by atoms with Crippen LogP contribution < -0.4 is 19.7 Å². The average molecular weight is 485 g/mol. The summed E-state index contributed by atoms with van der Waals surface area (Å²) in [5.74, 6) is 0.909. The fourth-order valence-electron chi connectivity index (χ4n) is 4.04. The molecule has 0 saturated carbocycles. The summed E-state index contributed by atoms with van der Waals surface area (Å²) in [4.78, 5) is 31.5. The number of methoxy groups -OCH3 is 1. The molecule has 0 saturated heterocycles. The third kappa shape index (κ3) is 5.97. The maximum absolute atomic E-state index is 13.4. The van der Waals surface area contributed by atoms with Crippen molar-refractivity contribution >= 4 is 23.3 Å². The second kappa shape index (κ2) is 11.3. The molecular formula is C26H36N4O5. The third-order valence-electron chi connectivity index (χ3n) is 6.29. The van der Waals surface area contributed by atoms with Gasteiger partial charge in [0.15, 0.2) is 5.75 Å². The summed E-state index contributed by atoms with van der Waals surface area (Å²) in [7, 11) is 7.09. The highest BCUT2D eigenvalue weighted by atomic mass is 16.5. The van der Waals surface area contributed by atoms with Gasteiger partial charge in [0.1, 0.15) is 11.9 Å². The van der Waals surface area contributed by atoms with Gasteiger partial charge in [0.2, 0.25) is 0 Å². The molecule has 2 aromatic rings. The summed E-state index contributed by atoms with van der Waals surface area (Å²) in [5, 5.41) is 12.7. The Kier molecular flexibility index (Phi) is 8.45. The minimum Gasteiger partial charge on any atom is -0.497 e. The van der Waals surface area contributed by atoms with Gasteiger partial charge in [-0.3, -0.25) is 4.79 Å². The first-order valence-electron chi connectivity index (χ1n) is 11.7. The summed E-state index contributed by atoms with van der Waals surface area (Å²) in [6, 6.07) is 12.0. The lowest BCUT2D eigenvalue weighted by Gasteiger charge is -2.39. The number of nitrogens with zero attached hydrogens (tertiary/aromatic N) is 3. The number of aliphatic hydroxyl groups is 1. The molecule has 35 heavy (non-hydrogen) atoms. The number of carbonyl (C=O) groups is 2. The molecular weight excluding hydrogens is 448 g/mol. The lowest BCUT2D eigenvalue weighted by atomic mass is 9.99. The second-order valence-corrected chi connectivity index (χ2v) is 9.21. The van der Waals surface area contributed by atoms with Crippen LogP contribution >= 0.6 is 0 Å². The topological polar surface area (TPSA) is 94.6 Å². The number of ether oxygens (including phenoxy) is 2. The van der Waals surface area contributed by atoms with Crippen LogP contribution in [-0.2, 0) is 0 Å². The van der Waals surface area contributed by atoms with Crippen LogP contribution in [0.2, 0.25) is 0 Å². The van der Waals surface area contributed by atoms with Crippen LogP contribution in [0.15, 0.2) is 42.5 Å². The number of carbonyl (C=O) groups excluding carboxylic acids is 2. The van der Waals surface area contributed by atoms with Crippen molar-refractivity contribution in [3.8, 4) is 11.5 Å². The third-order valence-corrected chi connectivity index (χ3v) is 6.29. The van der Waals surface area contributed by atoms with Gasteiger partial charge in [-0.2, -0.15) is 0 Å². The lowest BCUT2D eigenvalue weighted by Crippen LogP contribution is -2.50. The normalized spacial score (nSPS) is 18.5. The van der Waals surface area contributed by atoms with E-state index < -0.39 is 0 Å². The Morgan fingerprint density at radius 3 is 2.51 bits per heavy atom. The SMILES string of the molecule is COc1ccc(NC(=O)N(C)C[C@H]2Oc3c(cccc3N(C)C)C(=O)N([C@@H](C)CO)C[C@H]2C)cc1. The molecule has 0 spiro atoms. The first-order chi connectivity index (χ1) is 16.7. The molecule has 0 unspecified atom stereocenters. The molecule has 1 heterocycles. The van der Waals surface area contributed by atoms with E-state index in [1.165, 1.54) is 0 Å². The van der Waals surface area contributed by atoms with E-state index in [2.05, 4.69) is 5.32 Å². The molecule has 0 fully saturated rings. The van der Waals surface area contributed by atoms with Gasteiger partial charge in [-0.25, -0.2) is 4.79 Å². The minimum atomic E-state index is -0.386. The fraction of sp³-hybridized carbons (Fsp3) is 0.462. The van der Waals surface area contributed by atoms with E-state index in [1.807, 2.05) is 45.0 Å². The molecule has 2 aromatic carbocycles. The molecule has 0 aliphatic carbocycles. The second-order valence-electron chi connectivity index (χ2n) is 9.21. The molecule has 9 heteroatoms. The molecule has 3 rings (SSSR count). The van der Waals surface area contributed by atoms with Crippen molar-refractivity contribution < 1.29 is 24.2 Å². The van der Waals surface area contributed by atoms with Crippen molar-refractivity contribution in [2.75, 3.05) is 58.2 Å². The fourth-order valence-corrected chi connectivity index (χ4v) is 4.04. The number of nitrogens with one attached hydrogen (secondary N) is 1. The zero-order chi connectivity index (χ0) is 25.7. The Labute approximate surface area is 207 Å². The highest BCUT2D eigenvalue weighted by molar-refractivity contribution is 5.99. The summed E-state index contributed by atoms with van der Waals surface area (Å²) < 4.78 is 11.7. The maximum Gasteiger partial charge on any atom is 0.321 e. The van der Waals surface area contributed by atoms with Crippen molar-refractivity contribution in [3.05, 3.63) is 48.0 Å². The Hall–Kier alpha value is -3.46. The van der Waals surface area contributed by atoms with Crippen molar-refractivity contribution in [2.45, 2.75) is 26.0 Å². The van der Waals surface area contributed by atoms with E-state index >= 15 is 0 Å². The number of fused-ring (bicyclic) bond motifs is 1. The predicted molar refractivity (Wildman–Crippen MR) is 137 cm³/mol. The molecule has 3 atom stereocenters. The zero-order valence-corrected chi connectivity index (χ0v) is 21.3. The molecule has 1 aliphatic heterocycles. The smallest absolute Gasteiger partial charge is 0.321 e. The molecule has 9 nitrogen and oxygen atoms in total. The van der Waals surface area contributed by atoms with E-state index in [9.17, 15) is 14.7 Å². The van der Waals surface area contributed by atoms with Crippen LogP contribution in [0.25, 0.3) is 0 Å². The predicted octanol–water partition coefficient (Wildman–Crippen LogP) is 3.15. The van der Waals surface area contributed by atoms with E-state index in [0.717, 1.165) is 5.69 Å². The molecule has 0 bridgehead atoms. The Balaban J connectivity index is 1.87. The first-order valence-corrected chi connectivity index (χ1v) is 11.7. The zero-order valence-electron chi connectivity index (χ0n) is 21.3. The minimum absolute atomic E-state index is 0.104. The number of hydrogen-bond acceptors (Lipinski definition) is 6. The summed E-state index contributed by atoms with van der Waals surface area (Å²) in [5.41, 5.74) is 1.87. The Morgan fingerprint density at radius 2 is 1.91 bits per heavy atom. The van der Waals surface area contributed by atoms with Crippen LogP contribution in [0.3, 0.4) is 0 Å². The molecule has 1 aliphatic rings. The van der Waals surface area contributed by atoms with Crippen molar-refractivity contribution in [1.82, 2.24) is 9.80 Å². The van der Waals surface area contributed by atoms with Gasteiger partial charge in [-0.15, -0.1) is 0 Å². The van der Waals surface area contributed by atoms with E-state index in [4.69, 9.17) is 9.47 Å². The van der Waals surface area contributed by atoms with E-state index in [1.54, 1.807) is 54.3 Å². The number of aliphatic hydroxyl groups excluding tert-OH is 1. The average Bonchev–Trinajstić information content (AvgIpc) is 2.85. The quantitative estimate of drug-likeness (QED) is 0.627. The van der Waals surface area contributed by atoms with Crippen LogP contribution in [-0.4, -0.2) is 86.9 Å². The highest BCUT2D eigenvalue weighted by Gasteiger charge is 2.35. The van der Waals surface area contributed by atoms with Gasteiger partial charge in [0.05, 0.1) is 37.6 Å². The molecule has 190 valence electrons. The van der Waals surface area contributed by atoms with Gasteiger partial charge >= 0.3 is 6.03 Å². The number of para-hydroxylation sites is 1. The Morgan fingerprint density at radius 1 is 1.23 bits per heavy atom. The number of anilines is 2. The summed E-state index contributed by atoms with van der Waals surface area (Å²) in [6.07, 6.45) is -0.386. The highest BCUT2D eigenvalue weighted by Crippen LogP contribution is 2.36. The van der Waals surface area contributed by atoms with Crippen molar-refractivity contribution in [2.24, 2.45) is 5.92 Å². The summed E-state index contributed by atoms with van der Waals surface area (Å²) in [6.45, 7) is 4.38. The van der Waals surface area contributed by atoms with E-state index in [0.29, 0.717) is 35.8 Å². The monoisotopic (exact) mass is 484 g/mol. The first kappa shape index (κ1) is 26.2. The van der Waals surface area contributed by atoms with Crippen molar-refractivity contribution in [3.63, 3.8) is 0 Å². The van der Waals surface area contributed by atoms with Gasteiger partial charge in [-0.05, 0) is 43.3 Å². The number of urea groups is 1. The number of amides is 3. The van der Waals surface area contributed by atoms with Crippen molar-refractivity contribution in [1.29, 1.82) is 0 Å². The van der Waals surface area contributed by atoms with Crippen LogP contribution in [0.5, 0.6) is 11.5 Å². The standard InChI is InChI=1S/C26H36N4O5/c1-17-14-30(18(2)16-31)25(32)21-8-7-9-22(28(3)4)24(21)35-23(17)15-29(5)26(33)27-19-10-12-20(34-6)13-11-19/h7-13,17-18,23,31H,14-16H2,1-6H3,(H,27,33)/t17-,18+,23-/m1/s1. The molecule has 0 radical (unpaired) electrons.